The van der Waals surface area contributed by atoms with Crippen LogP contribution < -0.4 is 10.1 Å². The van der Waals surface area contributed by atoms with Gasteiger partial charge in [-0.05, 0) is 41.1 Å². The van der Waals surface area contributed by atoms with Crippen molar-refractivity contribution < 1.29 is 9.53 Å². The fourth-order valence-corrected chi connectivity index (χ4v) is 2.84. The largest absolute Gasteiger partial charge is 0.482 e. The van der Waals surface area contributed by atoms with Gasteiger partial charge >= 0.3 is 0 Å². The van der Waals surface area contributed by atoms with E-state index in [2.05, 4.69) is 26.2 Å². The van der Waals surface area contributed by atoms with Crippen molar-refractivity contribution in [2.24, 2.45) is 0 Å². The standard InChI is InChI=1S/C13H13BrN2O2S/c1-9-12(3-2-4-15-9)18-7-13(17)16-6-11-5-10(14)8-19-11/h2-5,8H,6-7H2,1H3,(H,16,17). The SMILES string of the molecule is Cc1ncccc1OCC(=O)NCc1cc(Br)cs1. The Balaban J connectivity index is 1.77. The van der Waals surface area contributed by atoms with E-state index in [4.69, 9.17) is 4.74 Å². The number of nitrogens with zero attached hydrogens (tertiary/aromatic N) is 1. The van der Waals surface area contributed by atoms with Crippen LogP contribution in [0.15, 0.2) is 34.2 Å². The second-order valence-electron chi connectivity index (χ2n) is 3.88. The van der Waals surface area contributed by atoms with Gasteiger partial charge in [0.05, 0.1) is 12.2 Å². The number of pyridine rings is 1. The van der Waals surface area contributed by atoms with Crippen LogP contribution in [0.4, 0.5) is 0 Å². The molecule has 0 saturated heterocycles. The predicted molar refractivity (Wildman–Crippen MR) is 78.3 cm³/mol. The molecular weight excluding hydrogens is 328 g/mol. The van der Waals surface area contributed by atoms with Gasteiger partial charge in [-0.3, -0.25) is 9.78 Å². The second-order valence-corrected chi connectivity index (χ2v) is 5.80. The van der Waals surface area contributed by atoms with E-state index in [1.807, 2.05) is 18.4 Å². The molecule has 4 nitrogen and oxygen atoms in total. The van der Waals surface area contributed by atoms with Gasteiger partial charge in [0, 0.05) is 20.9 Å². The molecule has 0 radical (unpaired) electrons. The third-order valence-corrected chi connectivity index (χ3v) is 4.10. The van der Waals surface area contributed by atoms with Gasteiger partial charge in [-0.25, -0.2) is 0 Å². The van der Waals surface area contributed by atoms with Crippen LogP contribution in [0.2, 0.25) is 0 Å². The number of thiophene rings is 1. The van der Waals surface area contributed by atoms with Crippen LogP contribution in [0.5, 0.6) is 5.75 Å². The first-order chi connectivity index (χ1) is 9.15. The number of hydrogen-bond donors (Lipinski definition) is 1. The molecule has 2 rings (SSSR count). The van der Waals surface area contributed by atoms with Gasteiger partial charge in [-0.1, -0.05) is 0 Å². The summed E-state index contributed by atoms with van der Waals surface area (Å²) in [6, 6.07) is 5.56. The number of ether oxygens (including phenoxy) is 1. The highest BCUT2D eigenvalue weighted by molar-refractivity contribution is 9.10. The Morgan fingerprint density at radius 2 is 2.42 bits per heavy atom. The van der Waals surface area contributed by atoms with E-state index < -0.39 is 0 Å². The zero-order valence-electron chi connectivity index (χ0n) is 10.4. The number of carbonyl (C=O) groups excluding carboxylic acids is 1. The number of carbonyl (C=O) groups is 1. The van der Waals surface area contributed by atoms with Crippen LogP contribution >= 0.6 is 27.3 Å². The molecule has 2 heterocycles. The lowest BCUT2D eigenvalue weighted by molar-refractivity contribution is -0.123. The highest BCUT2D eigenvalue weighted by atomic mass is 79.9. The zero-order valence-corrected chi connectivity index (χ0v) is 12.8. The summed E-state index contributed by atoms with van der Waals surface area (Å²) in [5.41, 5.74) is 0.775. The van der Waals surface area contributed by atoms with Gasteiger partial charge < -0.3 is 10.1 Å². The smallest absolute Gasteiger partial charge is 0.258 e. The van der Waals surface area contributed by atoms with E-state index in [1.54, 1.807) is 29.7 Å². The number of aryl methyl sites for hydroxylation is 1. The summed E-state index contributed by atoms with van der Waals surface area (Å²) in [5, 5.41) is 4.79. The number of aromatic nitrogens is 1. The van der Waals surface area contributed by atoms with Crippen molar-refractivity contribution in [3.8, 4) is 5.75 Å². The summed E-state index contributed by atoms with van der Waals surface area (Å²) in [6.07, 6.45) is 1.69. The molecule has 0 aromatic carbocycles. The molecule has 0 aliphatic carbocycles. The molecule has 19 heavy (non-hydrogen) atoms. The molecule has 2 aromatic heterocycles. The van der Waals surface area contributed by atoms with Gasteiger partial charge in [-0.2, -0.15) is 0 Å². The van der Waals surface area contributed by atoms with E-state index in [0.29, 0.717) is 12.3 Å². The summed E-state index contributed by atoms with van der Waals surface area (Å²) in [4.78, 5) is 16.8. The number of hydrogen-bond acceptors (Lipinski definition) is 4. The minimum absolute atomic E-state index is 0.000914. The maximum Gasteiger partial charge on any atom is 0.258 e. The third kappa shape index (κ3) is 4.33. The fourth-order valence-electron chi connectivity index (χ4n) is 1.45. The molecular formula is C13H13BrN2O2S. The van der Waals surface area contributed by atoms with Crippen LogP contribution in [0, 0.1) is 6.92 Å². The Morgan fingerprint density at radius 1 is 1.58 bits per heavy atom. The summed E-state index contributed by atoms with van der Waals surface area (Å²) >= 11 is 4.97. The second kappa shape index (κ2) is 6.68. The first kappa shape index (κ1) is 14.0. The van der Waals surface area contributed by atoms with Crippen molar-refractivity contribution in [1.82, 2.24) is 10.3 Å². The highest BCUT2D eigenvalue weighted by Crippen LogP contribution is 2.19. The molecule has 6 heteroatoms. The molecule has 0 spiro atoms. The summed E-state index contributed by atoms with van der Waals surface area (Å²) < 4.78 is 6.44. The predicted octanol–water partition coefficient (Wildman–Crippen LogP) is 2.91. The molecule has 100 valence electrons. The summed E-state index contributed by atoms with van der Waals surface area (Å²) in [6.45, 7) is 2.36. The summed E-state index contributed by atoms with van der Waals surface area (Å²) in [7, 11) is 0. The Labute approximate surface area is 124 Å². The maximum atomic E-state index is 11.6. The van der Waals surface area contributed by atoms with E-state index >= 15 is 0 Å². The molecule has 1 amide bonds. The summed E-state index contributed by atoms with van der Waals surface area (Å²) in [5.74, 6) is 0.490. The van der Waals surface area contributed by atoms with E-state index in [1.165, 1.54) is 0 Å². The Kier molecular flexibility index (Phi) is 4.93. The lowest BCUT2D eigenvalue weighted by atomic mass is 10.3. The van der Waals surface area contributed by atoms with Crippen molar-refractivity contribution in [2.75, 3.05) is 6.61 Å². The molecule has 0 aliphatic rings. The topological polar surface area (TPSA) is 51.2 Å². The molecule has 0 fully saturated rings. The maximum absolute atomic E-state index is 11.6. The monoisotopic (exact) mass is 340 g/mol. The average molecular weight is 341 g/mol. The molecule has 0 bridgehead atoms. The number of halogens is 1. The molecule has 1 N–H and O–H groups in total. The fraction of sp³-hybridized carbons (Fsp3) is 0.231. The highest BCUT2D eigenvalue weighted by Gasteiger charge is 2.05. The normalized spacial score (nSPS) is 10.2. The Bertz CT molecular complexity index is 571. The lowest BCUT2D eigenvalue weighted by Crippen LogP contribution is -2.28. The van der Waals surface area contributed by atoms with Crippen LogP contribution in [-0.2, 0) is 11.3 Å². The lowest BCUT2D eigenvalue weighted by Gasteiger charge is -2.08. The van der Waals surface area contributed by atoms with Gasteiger partial charge in [-0.15, -0.1) is 11.3 Å². The van der Waals surface area contributed by atoms with Crippen molar-refractivity contribution in [3.05, 3.63) is 44.8 Å². The quantitative estimate of drug-likeness (QED) is 0.910. The average Bonchev–Trinajstić information content (AvgIpc) is 2.81. The van der Waals surface area contributed by atoms with Gasteiger partial charge in [0.1, 0.15) is 5.75 Å². The third-order valence-electron chi connectivity index (χ3n) is 2.40. The van der Waals surface area contributed by atoms with Crippen molar-refractivity contribution in [1.29, 1.82) is 0 Å². The Morgan fingerprint density at radius 3 is 3.11 bits per heavy atom. The van der Waals surface area contributed by atoms with Gasteiger partial charge in [0.25, 0.3) is 5.91 Å². The Hall–Kier alpha value is -1.40. The van der Waals surface area contributed by atoms with Crippen LogP contribution in [0.25, 0.3) is 0 Å². The molecule has 0 atom stereocenters. The van der Waals surface area contributed by atoms with Gasteiger partial charge in [0.15, 0.2) is 6.61 Å². The van der Waals surface area contributed by atoms with Crippen LogP contribution in [0.3, 0.4) is 0 Å². The molecule has 0 saturated carbocycles. The first-order valence-electron chi connectivity index (χ1n) is 5.69. The van der Waals surface area contributed by atoms with Gasteiger partial charge in [0.2, 0.25) is 0 Å². The van der Waals surface area contributed by atoms with E-state index in [-0.39, 0.29) is 12.5 Å². The van der Waals surface area contributed by atoms with E-state index in [9.17, 15) is 4.79 Å². The molecule has 2 aromatic rings. The first-order valence-corrected chi connectivity index (χ1v) is 7.36. The zero-order chi connectivity index (χ0) is 13.7. The minimum atomic E-state index is -0.146. The molecule has 0 aliphatic heterocycles. The minimum Gasteiger partial charge on any atom is -0.482 e. The van der Waals surface area contributed by atoms with Crippen LogP contribution in [-0.4, -0.2) is 17.5 Å². The number of rotatable bonds is 5. The number of amides is 1. The van der Waals surface area contributed by atoms with Crippen molar-refractivity contribution in [3.63, 3.8) is 0 Å². The van der Waals surface area contributed by atoms with Crippen molar-refractivity contribution in [2.45, 2.75) is 13.5 Å². The van der Waals surface area contributed by atoms with Crippen molar-refractivity contribution >= 4 is 33.2 Å². The van der Waals surface area contributed by atoms with E-state index in [0.717, 1.165) is 15.0 Å². The van der Waals surface area contributed by atoms with Crippen LogP contribution in [0.1, 0.15) is 10.6 Å². The molecule has 0 unspecified atom stereocenters. The number of nitrogens with one attached hydrogen (secondary N) is 1.